The first-order chi connectivity index (χ1) is 14.7. The van der Waals surface area contributed by atoms with Crippen molar-refractivity contribution in [2.24, 2.45) is 0 Å². The van der Waals surface area contributed by atoms with Gasteiger partial charge in [0.15, 0.2) is 5.82 Å². The topological polar surface area (TPSA) is 52.9 Å². The first-order valence-corrected chi connectivity index (χ1v) is 10.9. The minimum absolute atomic E-state index is 0.0609. The number of rotatable bonds is 2. The van der Waals surface area contributed by atoms with Gasteiger partial charge in [0.1, 0.15) is 0 Å². The Morgan fingerprint density at radius 2 is 1.80 bits per heavy atom. The lowest BCUT2D eigenvalue weighted by atomic mass is 10.3. The molecule has 1 fully saturated rings. The van der Waals surface area contributed by atoms with Crippen LogP contribution in [0.5, 0.6) is 0 Å². The number of aromatic nitrogens is 2. The van der Waals surface area contributed by atoms with Gasteiger partial charge in [-0.25, -0.2) is 9.78 Å². The maximum atomic E-state index is 12.8. The van der Waals surface area contributed by atoms with E-state index in [1.54, 1.807) is 0 Å². The van der Waals surface area contributed by atoms with Crippen LogP contribution in [0.1, 0.15) is 6.42 Å². The molecule has 7 heteroatoms. The van der Waals surface area contributed by atoms with E-state index in [4.69, 9.17) is 4.98 Å². The summed E-state index contributed by atoms with van der Waals surface area (Å²) in [5.74, 6) is 0.980. The van der Waals surface area contributed by atoms with E-state index in [2.05, 4.69) is 54.9 Å². The number of amides is 2. The summed E-state index contributed by atoms with van der Waals surface area (Å²) in [5, 5.41) is 3.00. The van der Waals surface area contributed by atoms with Crippen LogP contribution in [0, 0.1) is 0 Å². The first-order valence-electron chi connectivity index (χ1n) is 10.1. The van der Waals surface area contributed by atoms with Gasteiger partial charge in [-0.2, -0.15) is 0 Å². The highest BCUT2D eigenvalue weighted by Crippen LogP contribution is 2.26. The standard InChI is InChI=1S/C23H22BrN5O/c24-17-6-3-7-18(16-17)25-23(30)28-12-5-11-27(14-15-28)22-21-10-4-13-29(21)20-9-2-1-8-19(20)26-22/h1-4,6-10,13,16H,5,11-12,14-15H2,(H,25,30). The summed E-state index contributed by atoms with van der Waals surface area (Å²) in [7, 11) is 0. The van der Waals surface area contributed by atoms with Gasteiger partial charge < -0.3 is 19.5 Å². The third-order valence-electron chi connectivity index (χ3n) is 5.50. The van der Waals surface area contributed by atoms with Crippen molar-refractivity contribution in [2.45, 2.75) is 6.42 Å². The van der Waals surface area contributed by atoms with Gasteiger partial charge in [-0.1, -0.05) is 34.1 Å². The number of hydrogen-bond acceptors (Lipinski definition) is 3. The van der Waals surface area contributed by atoms with Crippen LogP contribution in [0.3, 0.4) is 0 Å². The molecule has 1 saturated heterocycles. The second-order valence-electron chi connectivity index (χ2n) is 7.46. The van der Waals surface area contributed by atoms with Crippen molar-refractivity contribution in [3.05, 3.63) is 71.3 Å². The minimum Gasteiger partial charge on any atom is -0.353 e. The Bertz CT molecular complexity index is 1220. The van der Waals surface area contributed by atoms with Crippen LogP contribution in [-0.4, -0.2) is 46.5 Å². The summed E-state index contributed by atoms with van der Waals surface area (Å²) in [6.07, 6.45) is 2.98. The zero-order valence-electron chi connectivity index (χ0n) is 16.5. The number of carbonyl (C=O) groups excluding carboxylic acids is 1. The Labute approximate surface area is 183 Å². The van der Waals surface area contributed by atoms with E-state index in [0.717, 1.165) is 58.6 Å². The molecule has 4 aromatic rings. The molecule has 152 valence electrons. The third kappa shape index (κ3) is 3.61. The van der Waals surface area contributed by atoms with Gasteiger partial charge in [-0.05, 0) is 48.9 Å². The van der Waals surface area contributed by atoms with E-state index in [9.17, 15) is 4.79 Å². The van der Waals surface area contributed by atoms with E-state index in [1.807, 2.05) is 47.4 Å². The average Bonchev–Trinajstić information content (AvgIpc) is 3.11. The largest absolute Gasteiger partial charge is 0.353 e. The van der Waals surface area contributed by atoms with Gasteiger partial charge in [0.05, 0.1) is 16.6 Å². The molecule has 0 bridgehead atoms. The van der Waals surface area contributed by atoms with E-state index in [0.29, 0.717) is 6.54 Å². The smallest absolute Gasteiger partial charge is 0.321 e. The fourth-order valence-electron chi connectivity index (χ4n) is 4.04. The molecule has 2 aromatic heterocycles. The number of benzene rings is 2. The highest BCUT2D eigenvalue weighted by atomic mass is 79.9. The molecule has 1 N–H and O–H groups in total. The summed E-state index contributed by atoms with van der Waals surface area (Å²) in [6.45, 7) is 2.99. The van der Waals surface area contributed by atoms with Gasteiger partial charge >= 0.3 is 6.03 Å². The number of anilines is 2. The number of hydrogen-bond donors (Lipinski definition) is 1. The third-order valence-corrected chi connectivity index (χ3v) is 6.00. The predicted octanol–water partition coefficient (Wildman–Crippen LogP) is 4.99. The molecule has 0 unspecified atom stereocenters. The molecule has 2 aromatic carbocycles. The van der Waals surface area contributed by atoms with Crippen molar-refractivity contribution >= 4 is 50.0 Å². The maximum absolute atomic E-state index is 12.8. The Hall–Kier alpha value is -3.06. The zero-order valence-corrected chi connectivity index (χ0v) is 18.0. The molecule has 0 aliphatic carbocycles. The van der Waals surface area contributed by atoms with Crippen molar-refractivity contribution < 1.29 is 4.79 Å². The minimum atomic E-state index is -0.0609. The highest BCUT2D eigenvalue weighted by Gasteiger charge is 2.22. The van der Waals surface area contributed by atoms with Crippen molar-refractivity contribution in [3.63, 3.8) is 0 Å². The van der Waals surface area contributed by atoms with Crippen LogP contribution >= 0.6 is 15.9 Å². The summed E-state index contributed by atoms with van der Waals surface area (Å²) in [4.78, 5) is 21.9. The average molecular weight is 464 g/mol. The number of fused-ring (bicyclic) bond motifs is 3. The first kappa shape index (κ1) is 18.9. The molecule has 1 aliphatic rings. The molecule has 6 nitrogen and oxygen atoms in total. The van der Waals surface area contributed by atoms with Crippen molar-refractivity contribution in [3.8, 4) is 0 Å². The number of urea groups is 1. The highest BCUT2D eigenvalue weighted by molar-refractivity contribution is 9.10. The molecule has 3 heterocycles. The van der Waals surface area contributed by atoms with E-state index < -0.39 is 0 Å². The van der Waals surface area contributed by atoms with Crippen molar-refractivity contribution in [1.29, 1.82) is 0 Å². The number of carbonyl (C=O) groups is 1. The van der Waals surface area contributed by atoms with E-state index >= 15 is 0 Å². The summed E-state index contributed by atoms with van der Waals surface area (Å²) in [5.41, 5.74) is 3.97. The van der Waals surface area contributed by atoms with Crippen LogP contribution in [0.2, 0.25) is 0 Å². The second-order valence-corrected chi connectivity index (χ2v) is 8.37. The fraction of sp³-hybridized carbons (Fsp3) is 0.217. The number of halogens is 1. The van der Waals surface area contributed by atoms with E-state index in [1.165, 1.54) is 0 Å². The monoisotopic (exact) mass is 463 g/mol. The van der Waals surface area contributed by atoms with Crippen molar-refractivity contribution in [1.82, 2.24) is 14.3 Å². The number of nitrogens with zero attached hydrogens (tertiary/aromatic N) is 4. The van der Waals surface area contributed by atoms with Crippen LogP contribution in [0.4, 0.5) is 16.3 Å². The zero-order chi connectivity index (χ0) is 20.5. The number of nitrogens with one attached hydrogen (secondary N) is 1. The fourth-order valence-corrected chi connectivity index (χ4v) is 4.44. The molecule has 30 heavy (non-hydrogen) atoms. The lowest BCUT2D eigenvalue weighted by molar-refractivity contribution is 0.215. The Morgan fingerprint density at radius 3 is 2.70 bits per heavy atom. The number of para-hydroxylation sites is 2. The lowest BCUT2D eigenvalue weighted by Gasteiger charge is -2.24. The molecular formula is C23H22BrN5O. The van der Waals surface area contributed by atoms with Gasteiger partial charge in [-0.15, -0.1) is 0 Å². The maximum Gasteiger partial charge on any atom is 0.321 e. The van der Waals surface area contributed by atoms with Gasteiger partial charge in [0.25, 0.3) is 0 Å². The van der Waals surface area contributed by atoms with Crippen LogP contribution in [0.15, 0.2) is 71.3 Å². The van der Waals surface area contributed by atoms with Crippen LogP contribution in [0.25, 0.3) is 16.6 Å². The van der Waals surface area contributed by atoms with Gasteiger partial charge in [-0.3, -0.25) is 0 Å². The van der Waals surface area contributed by atoms with E-state index in [-0.39, 0.29) is 6.03 Å². The Kier molecular flexibility index (Phi) is 5.04. The van der Waals surface area contributed by atoms with Crippen LogP contribution < -0.4 is 10.2 Å². The molecule has 2 amide bonds. The molecule has 1 aliphatic heterocycles. The molecule has 0 spiro atoms. The lowest BCUT2D eigenvalue weighted by Crippen LogP contribution is -2.38. The molecular weight excluding hydrogens is 442 g/mol. The summed E-state index contributed by atoms with van der Waals surface area (Å²) in [6, 6.07) is 20.0. The predicted molar refractivity (Wildman–Crippen MR) is 124 cm³/mol. The molecule has 0 saturated carbocycles. The SMILES string of the molecule is O=C(Nc1cccc(Br)c1)N1CCCN(c2nc3ccccc3n3cccc23)CC1. The molecule has 0 atom stereocenters. The van der Waals surface area contributed by atoms with Gasteiger partial charge in [0.2, 0.25) is 0 Å². The molecule has 5 rings (SSSR count). The summed E-state index contributed by atoms with van der Waals surface area (Å²) >= 11 is 3.45. The summed E-state index contributed by atoms with van der Waals surface area (Å²) < 4.78 is 3.14. The van der Waals surface area contributed by atoms with Crippen molar-refractivity contribution in [2.75, 3.05) is 36.4 Å². The Morgan fingerprint density at radius 1 is 0.933 bits per heavy atom. The van der Waals surface area contributed by atoms with Crippen LogP contribution in [-0.2, 0) is 0 Å². The second kappa shape index (κ2) is 7.99. The quantitative estimate of drug-likeness (QED) is 0.455. The Balaban J connectivity index is 1.37. The van der Waals surface area contributed by atoms with Gasteiger partial charge in [0, 0.05) is 42.5 Å². The normalized spacial score (nSPS) is 14.8. The molecule has 0 radical (unpaired) electrons.